The van der Waals surface area contributed by atoms with E-state index in [9.17, 15) is 14.4 Å². The van der Waals surface area contributed by atoms with Gasteiger partial charge in [0.1, 0.15) is 17.0 Å². The summed E-state index contributed by atoms with van der Waals surface area (Å²) in [5.41, 5.74) is -1.37. The van der Waals surface area contributed by atoms with Crippen LogP contribution in [-0.4, -0.2) is 41.2 Å². The number of carbonyl (C=O) groups is 3. The second kappa shape index (κ2) is 7.84. The van der Waals surface area contributed by atoms with Crippen LogP contribution in [0.1, 0.15) is 61.3 Å². The highest BCUT2D eigenvalue weighted by Gasteiger charge is 2.33. The number of alkyl carbamates (subject to hydrolysis) is 2. The molecule has 0 aromatic carbocycles. The maximum Gasteiger partial charge on any atom is 0.414 e. The third-order valence-corrected chi connectivity index (χ3v) is 3.24. The number of nitrogens with one attached hydrogen (secondary N) is 2. The van der Waals surface area contributed by atoms with E-state index in [0.29, 0.717) is 12.8 Å². The van der Waals surface area contributed by atoms with Crippen molar-refractivity contribution in [3.8, 4) is 0 Å². The Balaban J connectivity index is 2.75. The zero-order valence-corrected chi connectivity index (χ0v) is 16.1. The average molecular weight is 355 g/mol. The van der Waals surface area contributed by atoms with Gasteiger partial charge in [0, 0.05) is 5.92 Å². The van der Waals surface area contributed by atoms with Crippen LogP contribution in [-0.2, 0) is 14.3 Å². The number of Topliss-reactive ketones (excluding diaryl/α,β-unsaturated/α-hetero) is 1. The zero-order valence-electron chi connectivity index (χ0n) is 16.1. The van der Waals surface area contributed by atoms with E-state index in [1.165, 1.54) is 0 Å². The van der Waals surface area contributed by atoms with Crippen LogP contribution in [0.25, 0.3) is 0 Å². The van der Waals surface area contributed by atoms with Crippen molar-refractivity contribution in [2.75, 3.05) is 0 Å². The van der Waals surface area contributed by atoms with E-state index in [1.54, 1.807) is 48.5 Å². The molecule has 1 aliphatic rings. The summed E-state index contributed by atoms with van der Waals surface area (Å²) in [6.45, 7) is 11.9. The van der Waals surface area contributed by atoms with Crippen molar-refractivity contribution in [3.63, 3.8) is 0 Å². The van der Waals surface area contributed by atoms with Crippen LogP contribution in [0.2, 0.25) is 0 Å². The minimum absolute atomic E-state index is 0.0157. The Bertz CT molecular complexity index is 520. The van der Waals surface area contributed by atoms with Gasteiger partial charge in [0.25, 0.3) is 0 Å². The number of aliphatic imine (C=N–C) groups is 1. The molecule has 0 aromatic rings. The first kappa shape index (κ1) is 20.9. The average Bonchev–Trinajstić information content (AvgIpc) is 2.26. The molecule has 25 heavy (non-hydrogen) atoms. The summed E-state index contributed by atoms with van der Waals surface area (Å²) in [6.07, 6.45) is -0.287. The Morgan fingerprint density at radius 2 is 1.28 bits per heavy atom. The van der Waals surface area contributed by atoms with Crippen molar-refractivity contribution in [1.29, 1.82) is 0 Å². The summed E-state index contributed by atoms with van der Waals surface area (Å²) in [5, 5.41) is 4.85. The lowest BCUT2D eigenvalue weighted by Crippen LogP contribution is -2.48. The van der Waals surface area contributed by atoms with Gasteiger partial charge in [-0.3, -0.25) is 15.4 Å². The van der Waals surface area contributed by atoms with E-state index in [0.717, 1.165) is 0 Å². The molecule has 1 aliphatic carbocycles. The van der Waals surface area contributed by atoms with Crippen LogP contribution in [0.4, 0.5) is 9.59 Å². The summed E-state index contributed by atoms with van der Waals surface area (Å²) in [5.74, 6) is 0.0572. The van der Waals surface area contributed by atoms with E-state index in [-0.39, 0.29) is 23.7 Å². The molecule has 0 heterocycles. The number of hydrogen-bond acceptors (Lipinski definition) is 6. The first-order valence-corrected chi connectivity index (χ1v) is 8.33. The Morgan fingerprint density at radius 1 is 0.880 bits per heavy atom. The van der Waals surface area contributed by atoms with Gasteiger partial charge in [-0.05, 0) is 61.3 Å². The number of rotatable bonds is 2. The van der Waals surface area contributed by atoms with Crippen LogP contribution in [0.15, 0.2) is 4.99 Å². The molecule has 0 spiro atoms. The third kappa shape index (κ3) is 8.51. The van der Waals surface area contributed by atoms with E-state index >= 15 is 0 Å². The summed E-state index contributed by atoms with van der Waals surface area (Å²) in [4.78, 5) is 39.5. The fourth-order valence-electron chi connectivity index (χ4n) is 2.10. The highest BCUT2D eigenvalue weighted by molar-refractivity contribution is 6.01. The van der Waals surface area contributed by atoms with Crippen molar-refractivity contribution in [2.24, 2.45) is 10.9 Å². The molecule has 2 amide bonds. The SMILES string of the molecule is CC(=O)C1CC(N=C(NC(=O)OC(C)(C)C)NC(=O)OC(C)(C)C)C1. The van der Waals surface area contributed by atoms with Crippen LogP contribution in [0.5, 0.6) is 0 Å². The minimum atomic E-state index is -0.732. The molecule has 2 N–H and O–H groups in total. The van der Waals surface area contributed by atoms with Crippen molar-refractivity contribution in [2.45, 2.75) is 78.6 Å². The molecule has 1 rings (SSSR count). The molecule has 0 bridgehead atoms. The Hall–Kier alpha value is -2.12. The lowest BCUT2D eigenvalue weighted by molar-refractivity contribution is -0.123. The third-order valence-electron chi connectivity index (χ3n) is 3.24. The maximum atomic E-state index is 11.9. The molecule has 142 valence electrons. The van der Waals surface area contributed by atoms with Crippen LogP contribution in [0, 0.1) is 5.92 Å². The first-order valence-electron chi connectivity index (χ1n) is 8.33. The molecule has 0 aliphatic heterocycles. The molecule has 0 saturated heterocycles. The summed E-state index contributed by atoms with van der Waals surface area (Å²) in [7, 11) is 0. The molecular formula is C17H29N3O5. The number of nitrogens with zero attached hydrogens (tertiary/aromatic N) is 1. The van der Waals surface area contributed by atoms with E-state index in [4.69, 9.17) is 9.47 Å². The topological polar surface area (TPSA) is 106 Å². The summed E-state index contributed by atoms with van der Waals surface area (Å²) >= 11 is 0. The quantitative estimate of drug-likeness (QED) is 0.585. The van der Waals surface area contributed by atoms with Gasteiger partial charge in [-0.25, -0.2) is 14.6 Å². The molecule has 1 fully saturated rings. The monoisotopic (exact) mass is 355 g/mol. The number of amides is 2. The fourth-order valence-corrected chi connectivity index (χ4v) is 2.10. The second-order valence-corrected chi connectivity index (χ2v) is 8.16. The first-order chi connectivity index (χ1) is 11.2. The van der Waals surface area contributed by atoms with Crippen LogP contribution in [0.3, 0.4) is 0 Å². The number of ketones is 1. The van der Waals surface area contributed by atoms with Gasteiger partial charge in [-0.2, -0.15) is 0 Å². The van der Waals surface area contributed by atoms with Crippen molar-refractivity contribution in [3.05, 3.63) is 0 Å². The highest BCUT2D eigenvalue weighted by atomic mass is 16.6. The zero-order chi connectivity index (χ0) is 19.4. The van der Waals surface area contributed by atoms with E-state index in [2.05, 4.69) is 15.6 Å². The standard InChI is InChI=1S/C17H29N3O5/c1-10(21)11-8-12(9-11)18-13(19-14(22)24-16(2,3)4)20-15(23)25-17(5,6)7/h11-12H,8-9H2,1-7H3,(H2,18,19,20,22,23). The number of hydrogen-bond donors (Lipinski definition) is 2. The van der Waals surface area contributed by atoms with E-state index < -0.39 is 23.4 Å². The smallest absolute Gasteiger partial charge is 0.414 e. The van der Waals surface area contributed by atoms with Crippen molar-refractivity contribution in [1.82, 2.24) is 10.6 Å². The largest absolute Gasteiger partial charge is 0.444 e. The van der Waals surface area contributed by atoms with Crippen LogP contribution >= 0.6 is 0 Å². The second-order valence-electron chi connectivity index (χ2n) is 8.16. The maximum absolute atomic E-state index is 11.9. The van der Waals surface area contributed by atoms with Crippen LogP contribution < -0.4 is 10.6 Å². The van der Waals surface area contributed by atoms with Gasteiger partial charge in [-0.1, -0.05) is 0 Å². The molecule has 0 radical (unpaired) electrons. The van der Waals surface area contributed by atoms with Gasteiger partial charge in [-0.15, -0.1) is 0 Å². The van der Waals surface area contributed by atoms with Gasteiger partial charge in [0.05, 0.1) is 6.04 Å². The van der Waals surface area contributed by atoms with Crippen molar-refractivity contribution >= 4 is 23.9 Å². The number of guanidine groups is 1. The normalized spacial score (nSPS) is 20.0. The lowest BCUT2D eigenvalue weighted by atomic mass is 9.78. The van der Waals surface area contributed by atoms with Gasteiger partial charge < -0.3 is 9.47 Å². The number of ether oxygens (including phenoxy) is 2. The lowest BCUT2D eigenvalue weighted by Gasteiger charge is -2.31. The molecule has 0 aromatic heterocycles. The molecule has 0 atom stereocenters. The predicted molar refractivity (Wildman–Crippen MR) is 93.4 cm³/mol. The van der Waals surface area contributed by atoms with Crippen molar-refractivity contribution < 1.29 is 23.9 Å². The summed E-state index contributed by atoms with van der Waals surface area (Å²) < 4.78 is 10.3. The van der Waals surface area contributed by atoms with E-state index in [1.807, 2.05) is 0 Å². The minimum Gasteiger partial charge on any atom is -0.444 e. The molecular weight excluding hydrogens is 326 g/mol. The molecule has 8 heteroatoms. The highest BCUT2D eigenvalue weighted by Crippen LogP contribution is 2.30. The summed E-state index contributed by atoms with van der Waals surface area (Å²) in [6, 6.07) is -0.145. The Labute approximate surface area is 148 Å². The molecule has 1 saturated carbocycles. The van der Waals surface area contributed by atoms with Gasteiger partial charge in [0.15, 0.2) is 0 Å². The fraction of sp³-hybridized carbons (Fsp3) is 0.765. The molecule has 8 nitrogen and oxygen atoms in total. The number of carbonyl (C=O) groups excluding carboxylic acids is 3. The Kier molecular flexibility index (Phi) is 6.56. The Morgan fingerprint density at radius 3 is 1.60 bits per heavy atom. The predicted octanol–water partition coefficient (Wildman–Crippen LogP) is 2.76. The molecule has 0 unspecified atom stereocenters. The van der Waals surface area contributed by atoms with Gasteiger partial charge >= 0.3 is 12.2 Å². The van der Waals surface area contributed by atoms with Gasteiger partial charge in [0.2, 0.25) is 5.96 Å².